The quantitative estimate of drug-likeness (QED) is 0.0988. The number of aryl methyl sites for hydroxylation is 1. The third kappa shape index (κ3) is 8.74. The Hall–Kier alpha value is -3.41. The highest BCUT2D eigenvalue weighted by atomic mass is 33.1. The molecule has 0 aromatic heterocycles. The first-order valence-electron chi connectivity index (χ1n) is 16.0. The van der Waals surface area contributed by atoms with Crippen molar-refractivity contribution in [1.82, 2.24) is 10.6 Å². The normalized spacial score (nSPS) is 17.2. The van der Waals surface area contributed by atoms with Crippen molar-refractivity contribution in [2.24, 2.45) is 0 Å². The number of phenolic OH excluding ortho intramolecular Hbond substituents is 3. The molecule has 4 aromatic carbocycles. The minimum atomic E-state index is -0.482. The van der Waals surface area contributed by atoms with E-state index in [-0.39, 0.29) is 35.6 Å². The summed E-state index contributed by atoms with van der Waals surface area (Å²) in [7, 11) is 8.80. The molecule has 0 fully saturated rings. The Morgan fingerprint density at radius 1 is 0.936 bits per heavy atom. The van der Waals surface area contributed by atoms with Gasteiger partial charge in [0.1, 0.15) is 23.5 Å². The molecule has 2 unspecified atom stereocenters. The lowest BCUT2D eigenvalue weighted by molar-refractivity contribution is -0.124. The van der Waals surface area contributed by atoms with Crippen molar-refractivity contribution in [3.05, 3.63) is 82.9 Å². The highest BCUT2D eigenvalue weighted by molar-refractivity contribution is 8.76. The number of carbonyl (C=O) groups is 1. The van der Waals surface area contributed by atoms with Crippen molar-refractivity contribution < 1.29 is 29.6 Å². The van der Waals surface area contributed by atoms with Crippen LogP contribution in [0, 0.1) is 0 Å². The molecule has 0 saturated heterocycles. The lowest BCUT2D eigenvalue weighted by Gasteiger charge is -2.26. The van der Waals surface area contributed by atoms with Crippen molar-refractivity contribution in [2.45, 2.75) is 63.2 Å². The number of rotatable bonds is 7. The number of fused-ring (bicyclic) bond motifs is 5. The van der Waals surface area contributed by atoms with Gasteiger partial charge in [0.15, 0.2) is 11.5 Å². The van der Waals surface area contributed by atoms with Gasteiger partial charge in [-0.25, -0.2) is 0 Å². The van der Waals surface area contributed by atoms with Crippen LogP contribution in [0.1, 0.15) is 60.6 Å². The summed E-state index contributed by atoms with van der Waals surface area (Å²) in [5, 5.41) is 39.9. The molecule has 1 aliphatic rings. The van der Waals surface area contributed by atoms with Gasteiger partial charge in [0.2, 0.25) is 0 Å². The predicted molar refractivity (Wildman–Crippen MR) is 192 cm³/mol. The van der Waals surface area contributed by atoms with Crippen molar-refractivity contribution in [2.75, 3.05) is 27.0 Å². The monoisotopic (exact) mass is 676 g/mol. The second kappa shape index (κ2) is 16.6. The minimum absolute atomic E-state index is 0.0346. The second-order valence-corrected chi connectivity index (χ2v) is 14.4. The number of ether oxygens (including phenoxy) is 2. The summed E-state index contributed by atoms with van der Waals surface area (Å²) in [6, 6.07) is 18.4. The number of hydrogen-bond acceptors (Lipinski definition) is 10. The van der Waals surface area contributed by atoms with Gasteiger partial charge in [0, 0.05) is 36.5 Å². The van der Waals surface area contributed by atoms with Gasteiger partial charge < -0.3 is 30.1 Å². The van der Waals surface area contributed by atoms with E-state index in [1.54, 1.807) is 59.0 Å². The lowest BCUT2D eigenvalue weighted by Crippen LogP contribution is -2.28. The lowest BCUT2D eigenvalue weighted by atomic mass is 9.89. The summed E-state index contributed by atoms with van der Waals surface area (Å²) in [6.45, 7) is 0.614. The molecule has 8 nitrogen and oxygen atoms in total. The number of nitrogens with one attached hydrogen (secondary N) is 2. The van der Waals surface area contributed by atoms with Crippen LogP contribution in [0.3, 0.4) is 0 Å². The number of carbonyl (C=O) groups excluding carboxylic acids is 1. The van der Waals surface area contributed by atoms with Gasteiger partial charge in [-0.15, -0.1) is 0 Å². The van der Waals surface area contributed by atoms with E-state index < -0.39 is 6.23 Å². The summed E-state index contributed by atoms with van der Waals surface area (Å²) in [4.78, 5) is 13.6. The number of aromatic hydroxyl groups is 3. The highest BCUT2D eigenvalue weighted by Crippen LogP contribution is 2.45. The fourth-order valence-electron chi connectivity index (χ4n) is 6.29. The van der Waals surface area contributed by atoms with Crippen LogP contribution in [0.4, 0.5) is 0 Å². The van der Waals surface area contributed by atoms with Gasteiger partial charge in [-0.1, -0.05) is 58.3 Å². The van der Waals surface area contributed by atoms with Gasteiger partial charge in [0.25, 0.3) is 0 Å². The third-order valence-corrected chi connectivity index (χ3v) is 10.9. The molecule has 0 bridgehead atoms. The number of benzene rings is 4. The topological polar surface area (TPSA) is 120 Å². The van der Waals surface area contributed by atoms with Gasteiger partial charge in [-0.3, -0.25) is 10.1 Å². The Kier molecular flexibility index (Phi) is 12.3. The number of ketones is 1. The van der Waals surface area contributed by atoms with Gasteiger partial charge >= 0.3 is 0 Å². The summed E-state index contributed by atoms with van der Waals surface area (Å²) in [5.74, 6) is 2.49. The largest absolute Gasteiger partial charge is 0.508 e. The zero-order valence-electron chi connectivity index (χ0n) is 27.2. The highest BCUT2D eigenvalue weighted by Gasteiger charge is 2.24. The average molecular weight is 677 g/mol. The molecule has 0 amide bonds. The first-order chi connectivity index (χ1) is 22.8. The van der Waals surface area contributed by atoms with E-state index in [0.717, 1.165) is 69.2 Å². The Morgan fingerprint density at radius 3 is 2.55 bits per heavy atom. The molecule has 4 aromatic rings. The molecule has 0 radical (unpaired) electrons. The molecule has 0 aliphatic carbocycles. The van der Waals surface area contributed by atoms with Crippen LogP contribution in [0.5, 0.6) is 23.0 Å². The summed E-state index contributed by atoms with van der Waals surface area (Å²) in [5.41, 5.74) is 5.39. The second-order valence-electron chi connectivity index (χ2n) is 11.9. The summed E-state index contributed by atoms with van der Waals surface area (Å²) >= 11 is 0. The van der Waals surface area contributed by atoms with Crippen molar-refractivity contribution in [3.63, 3.8) is 0 Å². The van der Waals surface area contributed by atoms with Gasteiger partial charge in [-0.2, -0.15) is 0 Å². The van der Waals surface area contributed by atoms with E-state index in [2.05, 4.69) is 16.7 Å². The maximum Gasteiger partial charge on any atom is 0.168 e. The summed E-state index contributed by atoms with van der Waals surface area (Å²) in [6.07, 6.45) is 2.89. The van der Waals surface area contributed by atoms with Gasteiger partial charge in [0.05, 0.1) is 13.2 Å². The van der Waals surface area contributed by atoms with E-state index in [4.69, 9.17) is 9.47 Å². The average Bonchev–Trinajstić information content (AvgIpc) is 3.05. The van der Waals surface area contributed by atoms with Crippen LogP contribution >= 0.6 is 21.6 Å². The molecular formula is C37H44N2O6S2. The minimum Gasteiger partial charge on any atom is -0.508 e. The predicted octanol–water partition coefficient (Wildman–Crippen LogP) is 7.61. The zero-order chi connectivity index (χ0) is 33.3. The fourth-order valence-corrected chi connectivity index (χ4v) is 8.55. The molecule has 47 heavy (non-hydrogen) atoms. The van der Waals surface area contributed by atoms with Crippen LogP contribution < -0.4 is 15.4 Å². The van der Waals surface area contributed by atoms with Crippen molar-refractivity contribution >= 4 is 38.1 Å². The molecular weight excluding hydrogens is 633 g/mol. The van der Waals surface area contributed by atoms with Crippen LogP contribution in [-0.4, -0.2) is 54.2 Å². The molecule has 0 saturated carbocycles. The smallest absolute Gasteiger partial charge is 0.168 e. The SMILES string of the molecule is CNCc1cc(O)cc(C(NC)OC2CCCCSSCc3c(ccc4ccc(O)cc34)-c3c(ccc(O)c3OC)CCC(=O)C2)c1. The summed E-state index contributed by atoms with van der Waals surface area (Å²) < 4.78 is 12.3. The number of Topliss-reactive ketones (excluding diaryl/α,β-unsaturated/α-hetero) is 1. The fraction of sp³-hybridized carbons (Fsp3) is 0.378. The van der Waals surface area contributed by atoms with E-state index in [1.807, 2.05) is 38.4 Å². The molecule has 2 atom stereocenters. The molecule has 1 heterocycles. The number of hydrogen-bond donors (Lipinski definition) is 5. The first-order valence-corrected chi connectivity index (χ1v) is 18.5. The standard InChI is InChI=1S/C37H44N2O6S2/c1-38-21-23-16-26(18-29(42)17-23)37(39-2)45-30-6-4-5-15-46-47-22-33-31(13-9-24-7-11-28(41)20-32(24)33)35-25(8-12-27(40)19-30)10-14-34(43)36(35)44-3/h7,9-11,13-14,16-18,20,30,37-39,41-43H,4-6,8,12,15,19,21-22H2,1-3H3. The van der Waals surface area contributed by atoms with Crippen LogP contribution in [0.2, 0.25) is 0 Å². The maximum atomic E-state index is 13.6. The Labute approximate surface area is 284 Å². The maximum absolute atomic E-state index is 13.6. The van der Waals surface area contributed by atoms with Gasteiger partial charge in [-0.05, 0) is 102 Å². The molecule has 250 valence electrons. The first kappa shape index (κ1) is 34.9. The Bertz CT molecular complexity index is 1700. The van der Waals surface area contributed by atoms with E-state index in [9.17, 15) is 20.1 Å². The van der Waals surface area contributed by atoms with E-state index in [0.29, 0.717) is 30.9 Å². The molecule has 10 heteroatoms. The third-order valence-electron chi connectivity index (χ3n) is 8.51. The van der Waals surface area contributed by atoms with E-state index >= 15 is 0 Å². The van der Waals surface area contributed by atoms with Crippen LogP contribution in [0.25, 0.3) is 21.9 Å². The van der Waals surface area contributed by atoms with Crippen molar-refractivity contribution in [1.29, 1.82) is 0 Å². The molecule has 0 spiro atoms. The van der Waals surface area contributed by atoms with Crippen molar-refractivity contribution in [3.8, 4) is 34.1 Å². The molecule has 1 aliphatic heterocycles. The van der Waals surface area contributed by atoms with Crippen LogP contribution in [-0.2, 0) is 28.2 Å². The molecule has 5 rings (SSSR count). The number of phenols is 3. The Balaban J connectivity index is 1.46. The Morgan fingerprint density at radius 2 is 1.77 bits per heavy atom. The molecule has 5 N–H and O–H groups in total. The van der Waals surface area contributed by atoms with Crippen LogP contribution in [0.15, 0.2) is 60.7 Å². The zero-order valence-corrected chi connectivity index (χ0v) is 28.8. The number of methoxy groups -OCH3 is 1. The van der Waals surface area contributed by atoms with E-state index in [1.165, 1.54) is 0 Å².